The van der Waals surface area contributed by atoms with Crippen LogP contribution in [0.4, 0.5) is 0 Å². The van der Waals surface area contributed by atoms with E-state index in [-0.39, 0.29) is 11.9 Å². The molecule has 1 aliphatic heterocycles. The molecule has 0 aromatic heterocycles. The minimum absolute atomic E-state index is 0.0782. The summed E-state index contributed by atoms with van der Waals surface area (Å²) in [6, 6.07) is -0.168. The van der Waals surface area contributed by atoms with Crippen molar-refractivity contribution in [2.75, 3.05) is 19.8 Å². The van der Waals surface area contributed by atoms with E-state index in [1.807, 2.05) is 6.92 Å². The molecule has 96 valence electrons. The number of nitrogens with two attached hydrogens (primary N) is 1. The van der Waals surface area contributed by atoms with Crippen LogP contribution in [0.15, 0.2) is 0 Å². The van der Waals surface area contributed by atoms with E-state index in [2.05, 4.69) is 5.32 Å². The summed E-state index contributed by atoms with van der Waals surface area (Å²) in [6.07, 6.45) is 5.29. The van der Waals surface area contributed by atoms with Gasteiger partial charge in [-0.2, -0.15) is 0 Å². The number of hydrogen-bond acceptors (Lipinski definition) is 3. The van der Waals surface area contributed by atoms with Gasteiger partial charge in [-0.1, -0.05) is 0 Å². The summed E-state index contributed by atoms with van der Waals surface area (Å²) >= 11 is 0. The van der Waals surface area contributed by atoms with Crippen LogP contribution in [0.2, 0.25) is 0 Å². The summed E-state index contributed by atoms with van der Waals surface area (Å²) in [5.41, 5.74) is 5.88. The lowest BCUT2D eigenvalue weighted by Gasteiger charge is -2.27. The van der Waals surface area contributed by atoms with Gasteiger partial charge in [0.1, 0.15) is 0 Å². The second kappa shape index (κ2) is 3.69. The third-order valence-corrected chi connectivity index (χ3v) is 4.97. The lowest BCUT2D eigenvalue weighted by molar-refractivity contribution is -0.131. The Kier molecular flexibility index (Phi) is 2.49. The van der Waals surface area contributed by atoms with Gasteiger partial charge >= 0.3 is 0 Å². The summed E-state index contributed by atoms with van der Waals surface area (Å²) < 4.78 is 5.32. The van der Waals surface area contributed by atoms with Gasteiger partial charge in [-0.15, -0.1) is 0 Å². The summed E-state index contributed by atoms with van der Waals surface area (Å²) in [5.74, 6) is 0.957. The van der Waals surface area contributed by atoms with Crippen molar-refractivity contribution in [3.63, 3.8) is 0 Å². The molecule has 2 aliphatic carbocycles. The molecular weight excluding hydrogens is 216 g/mol. The van der Waals surface area contributed by atoms with E-state index in [9.17, 15) is 4.79 Å². The van der Waals surface area contributed by atoms with Crippen LogP contribution in [-0.4, -0.2) is 31.7 Å². The second-order valence-electron chi connectivity index (χ2n) is 6.36. The van der Waals surface area contributed by atoms with Crippen LogP contribution in [0.1, 0.15) is 32.6 Å². The van der Waals surface area contributed by atoms with Crippen LogP contribution in [0.5, 0.6) is 0 Å². The normalized spacial score (nSPS) is 39.1. The maximum absolute atomic E-state index is 12.2. The monoisotopic (exact) mass is 238 g/mol. The van der Waals surface area contributed by atoms with Crippen molar-refractivity contribution >= 4 is 5.91 Å². The summed E-state index contributed by atoms with van der Waals surface area (Å²) in [7, 11) is 0. The maximum Gasteiger partial charge on any atom is 0.229 e. The predicted molar refractivity (Wildman–Crippen MR) is 64.3 cm³/mol. The predicted octanol–water partition coefficient (Wildman–Crippen LogP) is 0.657. The number of nitrogens with one attached hydrogen (secondary N) is 1. The van der Waals surface area contributed by atoms with Crippen molar-refractivity contribution in [3.8, 4) is 0 Å². The van der Waals surface area contributed by atoms with Crippen LogP contribution < -0.4 is 11.1 Å². The summed E-state index contributed by atoms with van der Waals surface area (Å²) in [5, 5.41) is 3.12. The Bertz CT molecular complexity index is 336. The lowest BCUT2D eigenvalue weighted by Crippen LogP contribution is -2.51. The van der Waals surface area contributed by atoms with Gasteiger partial charge < -0.3 is 15.8 Å². The SMILES string of the molecule is CC1(C(=O)NCC2(C3CC3)CC2)COCC1N. The Labute approximate surface area is 102 Å². The average Bonchev–Trinajstić information content (AvgIpc) is 3.17. The summed E-state index contributed by atoms with van der Waals surface area (Å²) in [4.78, 5) is 12.2. The molecule has 4 heteroatoms. The van der Waals surface area contributed by atoms with Crippen molar-refractivity contribution in [1.82, 2.24) is 5.32 Å². The van der Waals surface area contributed by atoms with Crippen LogP contribution in [0.25, 0.3) is 0 Å². The Hall–Kier alpha value is -0.610. The first-order valence-corrected chi connectivity index (χ1v) is 6.68. The quantitative estimate of drug-likeness (QED) is 0.756. The minimum atomic E-state index is -0.528. The molecule has 17 heavy (non-hydrogen) atoms. The highest BCUT2D eigenvalue weighted by atomic mass is 16.5. The Morgan fingerprint density at radius 2 is 2.18 bits per heavy atom. The lowest BCUT2D eigenvalue weighted by atomic mass is 9.84. The zero-order valence-corrected chi connectivity index (χ0v) is 10.5. The standard InChI is InChI=1S/C13H22N2O2/c1-12(8-17-6-10(12)14)11(16)15-7-13(4-5-13)9-2-3-9/h9-10H,2-8,14H2,1H3,(H,15,16). The highest BCUT2D eigenvalue weighted by molar-refractivity contribution is 5.83. The Morgan fingerprint density at radius 3 is 2.65 bits per heavy atom. The van der Waals surface area contributed by atoms with E-state index < -0.39 is 5.41 Å². The van der Waals surface area contributed by atoms with Crippen molar-refractivity contribution in [1.29, 1.82) is 0 Å². The van der Waals surface area contributed by atoms with E-state index in [1.165, 1.54) is 25.7 Å². The average molecular weight is 238 g/mol. The molecule has 3 rings (SSSR count). The first-order chi connectivity index (χ1) is 8.07. The molecule has 1 amide bonds. The second-order valence-corrected chi connectivity index (χ2v) is 6.36. The molecule has 2 atom stereocenters. The fraction of sp³-hybridized carbons (Fsp3) is 0.923. The van der Waals surface area contributed by atoms with E-state index in [0.717, 1.165) is 12.5 Å². The highest BCUT2D eigenvalue weighted by Crippen LogP contribution is 2.60. The number of carbonyl (C=O) groups excluding carboxylic acids is 1. The molecule has 0 spiro atoms. The van der Waals surface area contributed by atoms with Crippen LogP contribution >= 0.6 is 0 Å². The van der Waals surface area contributed by atoms with Gasteiger partial charge in [0.2, 0.25) is 5.91 Å². The van der Waals surface area contributed by atoms with Crippen molar-refractivity contribution in [2.45, 2.75) is 38.6 Å². The largest absolute Gasteiger partial charge is 0.379 e. The van der Waals surface area contributed by atoms with Crippen molar-refractivity contribution < 1.29 is 9.53 Å². The van der Waals surface area contributed by atoms with Crippen LogP contribution in [0.3, 0.4) is 0 Å². The van der Waals surface area contributed by atoms with Gasteiger partial charge in [0, 0.05) is 12.6 Å². The molecular formula is C13H22N2O2. The van der Waals surface area contributed by atoms with Gasteiger partial charge in [-0.05, 0) is 43.9 Å². The van der Waals surface area contributed by atoms with Crippen molar-refractivity contribution in [2.24, 2.45) is 22.5 Å². The molecule has 0 aromatic rings. The van der Waals surface area contributed by atoms with E-state index in [0.29, 0.717) is 18.6 Å². The number of hydrogen-bond donors (Lipinski definition) is 2. The minimum Gasteiger partial charge on any atom is -0.379 e. The summed E-state index contributed by atoms with van der Waals surface area (Å²) in [6.45, 7) is 3.71. The smallest absolute Gasteiger partial charge is 0.229 e. The molecule has 3 N–H and O–H groups in total. The molecule has 3 fully saturated rings. The van der Waals surface area contributed by atoms with E-state index >= 15 is 0 Å². The topological polar surface area (TPSA) is 64.3 Å². The van der Waals surface area contributed by atoms with Crippen LogP contribution in [0, 0.1) is 16.7 Å². The zero-order chi connectivity index (χ0) is 12.1. The molecule has 3 aliphatic rings. The fourth-order valence-corrected chi connectivity index (χ4v) is 2.97. The number of amides is 1. The third kappa shape index (κ3) is 1.87. The van der Waals surface area contributed by atoms with Gasteiger partial charge in [-0.25, -0.2) is 0 Å². The number of rotatable bonds is 4. The van der Waals surface area contributed by atoms with E-state index in [4.69, 9.17) is 10.5 Å². The first kappa shape index (κ1) is 11.5. The van der Waals surface area contributed by atoms with Crippen LogP contribution in [-0.2, 0) is 9.53 Å². The number of ether oxygens (including phenoxy) is 1. The van der Waals surface area contributed by atoms with Gasteiger partial charge in [-0.3, -0.25) is 4.79 Å². The number of carbonyl (C=O) groups is 1. The van der Waals surface area contributed by atoms with Gasteiger partial charge in [0.15, 0.2) is 0 Å². The fourth-order valence-electron chi connectivity index (χ4n) is 2.97. The van der Waals surface area contributed by atoms with Crippen molar-refractivity contribution in [3.05, 3.63) is 0 Å². The molecule has 0 aromatic carbocycles. The zero-order valence-electron chi connectivity index (χ0n) is 10.5. The molecule has 4 nitrogen and oxygen atoms in total. The Morgan fingerprint density at radius 1 is 1.47 bits per heavy atom. The first-order valence-electron chi connectivity index (χ1n) is 6.68. The maximum atomic E-state index is 12.2. The van der Waals surface area contributed by atoms with E-state index in [1.54, 1.807) is 0 Å². The molecule has 1 saturated heterocycles. The molecule has 2 unspecified atom stereocenters. The molecule has 2 saturated carbocycles. The molecule has 0 bridgehead atoms. The Balaban J connectivity index is 1.56. The molecule has 0 radical (unpaired) electrons. The van der Waals surface area contributed by atoms with Gasteiger partial charge in [0.05, 0.1) is 18.6 Å². The highest BCUT2D eigenvalue weighted by Gasteiger charge is 2.54. The van der Waals surface area contributed by atoms with Gasteiger partial charge in [0.25, 0.3) is 0 Å². The third-order valence-electron chi connectivity index (χ3n) is 4.97. The molecule has 1 heterocycles.